The SMILES string of the molecule is CCCc1c(Cl)[nH]c(=O)n(-c2ccc(F)c(OC)c2)c1=O. The van der Waals surface area contributed by atoms with E-state index in [0.29, 0.717) is 18.4 Å². The van der Waals surface area contributed by atoms with Gasteiger partial charge in [-0.05, 0) is 18.6 Å². The van der Waals surface area contributed by atoms with Gasteiger partial charge in [-0.1, -0.05) is 24.9 Å². The van der Waals surface area contributed by atoms with E-state index in [2.05, 4.69) is 4.98 Å². The topological polar surface area (TPSA) is 64.1 Å². The Morgan fingerprint density at radius 3 is 2.71 bits per heavy atom. The molecule has 0 saturated carbocycles. The molecule has 0 aliphatic heterocycles. The molecule has 5 nitrogen and oxygen atoms in total. The van der Waals surface area contributed by atoms with Crippen LogP contribution in [-0.2, 0) is 6.42 Å². The molecule has 7 heteroatoms. The first-order chi connectivity index (χ1) is 9.99. The third-order valence-corrected chi connectivity index (χ3v) is 3.36. The molecule has 0 unspecified atom stereocenters. The van der Waals surface area contributed by atoms with E-state index in [4.69, 9.17) is 16.3 Å². The second-order valence-corrected chi connectivity index (χ2v) is 4.81. The maximum absolute atomic E-state index is 13.4. The van der Waals surface area contributed by atoms with Crippen LogP contribution in [0.4, 0.5) is 4.39 Å². The van der Waals surface area contributed by atoms with Gasteiger partial charge in [0.1, 0.15) is 5.15 Å². The monoisotopic (exact) mass is 312 g/mol. The molecule has 2 rings (SSSR count). The summed E-state index contributed by atoms with van der Waals surface area (Å²) < 4.78 is 19.2. The summed E-state index contributed by atoms with van der Waals surface area (Å²) in [6.07, 6.45) is 1.14. The van der Waals surface area contributed by atoms with Crippen LogP contribution in [0.3, 0.4) is 0 Å². The van der Waals surface area contributed by atoms with E-state index in [1.54, 1.807) is 0 Å². The summed E-state index contributed by atoms with van der Waals surface area (Å²) in [6.45, 7) is 1.89. The number of ether oxygens (including phenoxy) is 1. The molecule has 0 aliphatic rings. The van der Waals surface area contributed by atoms with Crippen LogP contribution in [0.1, 0.15) is 18.9 Å². The average molecular weight is 313 g/mol. The lowest BCUT2D eigenvalue weighted by Crippen LogP contribution is -2.36. The molecular weight excluding hydrogens is 299 g/mol. The average Bonchev–Trinajstić information content (AvgIpc) is 2.45. The largest absolute Gasteiger partial charge is 0.494 e. The number of H-pyrrole nitrogens is 1. The summed E-state index contributed by atoms with van der Waals surface area (Å²) in [7, 11) is 1.31. The zero-order valence-corrected chi connectivity index (χ0v) is 12.3. The molecule has 1 aromatic carbocycles. The smallest absolute Gasteiger partial charge is 0.334 e. The van der Waals surface area contributed by atoms with E-state index in [1.807, 2.05) is 6.92 Å². The summed E-state index contributed by atoms with van der Waals surface area (Å²) in [6, 6.07) is 3.75. The Kier molecular flexibility index (Phi) is 4.47. The van der Waals surface area contributed by atoms with E-state index in [0.717, 1.165) is 10.6 Å². The molecule has 2 aromatic rings. The first kappa shape index (κ1) is 15.3. The van der Waals surface area contributed by atoms with Crippen molar-refractivity contribution in [1.82, 2.24) is 9.55 Å². The highest BCUT2D eigenvalue weighted by Crippen LogP contribution is 2.19. The predicted molar refractivity (Wildman–Crippen MR) is 78.2 cm³/mol. The zero-order valence-electron chi connectivity index (χ0n) is 11.6. The maximum atomic E-state index is 13.4. The Bertz CT molecular complexity index is 783. The van der Waals surface area contributed by atoms with Gasteiger partial charge in [0.15, 0.2) is 11.6 Å². The number of aromatic nitrogens is 2. The Hall–Kier alpha value is -2.08. The molecule has 0 atom stereocenters. The van der Waals surface area contributed by atoms with Crippen molar-refractivity contribution in [1.29, 1.82) is 0 Å². The number of halogens is 2. The van der Waals surface area contributed by atoms with Crippen molar-refractivity contribution in [3.05, 3.63) is 55.6 Å². The van der Waals surface area contributed by atoms with Crippen LogP contribution >= 0.6 is 11.6 Å². The van der Waals surface area contributed by atoms with Gasteiger partial charge in [0, 0.05) is 6.07 Å². The van der Waals surface area contributed by atoms with Crippen LogP contribution in [-0.4, -0.2) is 16.7 Å². The van der Waals surface area contributed by atoms with Gasteiger partial charge >= 0.3 is 5.69 Å². The lowest BCUT2D eigenvalue weighted by Gasteiger charge is -2.10. The van der Waals surface area contributed by atoms with Crippen LogP contribution in [0.15, 0.2) is 27.8 Å². The highest BCUT2D eigenvalue weighted by Gasteiger charge is 2.15. The van der Waals surface area contributed by atoms with Gasteiger partial charge < -0.3 is 4.74 Å². The summed E-state index contributed by atoms with van der Waals surface area (Å²) in [5, 5.41) is 0.0391. The molecule has 0 spiro atoms. The fraction of sp³-hybridized carbons (Fsp3) is 0.286. The highest BCUT2D eigenvalue weighted by atomic mass is 35.5. The molecule has 0 bridgehead atoms. The molecular formula is C14H14ClFN2O3. The molecule has 1 heterocycles. The van der Waals surface area contributed by atoms with E-state index in [9.17, 15) is 14.0 Å². The third kappa shape index (κ3) is 2.85. The summed E-state index contributed by atoms with van der Waals surface area (Å²) >= 11 is 5.90. The van der Waals surface area contributed by atoms with Gasteiger partial charge in [-0.2, -0.15) is 0 Å². The fourth-order valence-corrected chi connectivity index (χ4v) is 2.29. The quantitative estimate of drug-likeness (QED) is 0.881. The van der Waals surface area contributed by atoms with Gasteiger partial charge in [-0.25, -0.2) is 13.8 Å². The minimum atomic E-state index is -0.682. The van der Waals surface area contributed by atoms with Gasteiger partial charge in [0.2, 0.25) is 0 Å². The van der Waals surface area contributed by atoms with Crippen molar-refractivity contribution in [3.63, 3.8) is 0 Å². The van der Waals surface area contributed by atoms with Crippen LogP contribution < -0.4 is 16.0 Å². The Balaban J connectivity index is 2.72. The number of hydrogen-bond donors (Lipinski definition) is 1. The van der Waals surface area contributed by atoms with Crippen molar-refractivity contribution < 1.29 is 9.13 Å². The van der Waals surface area contributed by atoms with Gasteiger partial charge in [0.05, 0.1) is 18.4 Å². The van der Waals surface area contributed by atoms with Crippen molar-refractivity contribution in [2.75, 3.05) is 7.11 Å². The second kappa shape index (κ2) is 6.13. The number of methoxy groups -OCH3 is 1. The number of benzene rings is 1. The normalized spacial score (nSPS) is 10.7. The summed E-state index contributed by atoms with van der Waals surface area (Å²) in [5.74, 6) is -0.626. The van der Waals surface area contributed by atoms with Gasteiger partial charge in [-0.15, -0.1) is 0 Å². The van der Waals surface area contributed by atoms with E-state index in [1.165, 1.54) is 19.2 Å². The maximum Gasteiger partial charge on any atom is 0.334 e. The molecule has 0 radical (unpaired) electrons. The standard InChI is InChI=1S/C14H14ClFN2O3/c1-3-4-9-12(15)17-14(20)18(13(9)19)8-5-6-10(16)11(7-8)21-2/h5-7H,3-4H2,1-2H3,(H,17,20). The Labute approximate surface area is 125 Å². The van der Waals surface area contributed by atoms with Gasteiger partial charge in [0.25, 0.3) is 5.56 Å². The lowest BCUT2D eigenvalue weighted by molar-refractivity contribution is 0.386. The minimum absolute atomic E-state index is 0.0391. The first-order valence-electron chi connectivity index (χ1n) is 6.37. The molecule has 0 amide bonds. The molecule has 112 valence electrons. The first-order valence-corrected chi connectivity index (χ1v) is 6.75. The molecule has 0 saturated heterocycles. The third-order valence-electron chi connectivity index (χ3n) is 3.04. The fourth-order valence-electron chi connectivity index (χ4n) is 2.04. The van der Waals surface area contributed by atoms with Crippen LogP contribution in [0, 0.1) is 5.82 Å². The number of nitrogens with zero attached hydrogens (tertiary/aromatic N) is 1. The van der Waals surface area contributed by atoms with Crippen molar-refractivity contribution in [2.24, 2.45) is 0 Å². The molecule has 0 aliphatic carbocycles. The van der Waals surface area contributed by atoms with Crippen LogP contribution in [0.5, 0.6) is 5.75 Å². The van der Waals surface area contributed by atoms with E-state index >= 15 is 0 Å². The number of nitrogens with one attached hydrogen (secondary N) is 1. The Morgan fingerprint density at radius 2 is 2.10 bits per heavy atom. The minimum Gasteiger partial charge on any atom is -0.494 e. The predicted octanol–water partition coefficient (Wildman–Crippen LogP) is 2.28. The van der Waals surface area contributed by atoms with Crippen LogP contribution in [0.25, 0.3) is 5.69 Å². The second-order valence-electron chi connectivity index (χ2n) is 4.43. The highest BCUT2D eigenvalue weighted by molar-refractivity contribution is 6.30. The van der Waals surface area contributed by atoms with E-state index < -0.39 is 17.1 Å². The van der Waals surface area contributed by atoms with Crippen molar-refractivity contribution in [2.45, 2.75) is 19.8 Å². The summed E-state index contributed by atoms with van der Waals surface area (Å²) in [5.41, 5.74) is -0.659. The summed E-state index contributed by atoms with van der Waals surface area (Å²) in [4.78, 5) is 26.8. The van der Waals surface area contributed by atoms with Crippen molar-refractivity contribution >= 4 is 11.6 Å². The van der Waals surface area contributed by atoms with Crippen molar-refractivity contribution in [3.8, 4) is 11.4 Å². The molecule has 0 fully saturated rings. The number of aromatic amines is 1. The Morgan fingerprint density at radius 1 is 1.38 bits per heavy atom. The van der Waals surface area contributed by atoms with E-state index in [-0.39, 0.29) is 16.6 Å². The zero-order chi connectivity index (χ0) is 15.6. The lowest BCUT2D eigenvalue weighted by atomic mass is 10.2. The molecule has 21 heavy (non-hydrogen) atoms. The molecule has 1 N–H and O–H groups in total. The molecule has 1 aromatic heterocycles. The number of hydrogen-bond acceptors (Lipinski definition) is 3. The van der Waals surface area contributed by atoms with Gasteiger partial charge in [-0.3, -0.25) is 9.78 Å². The number of rotatable bonds is 4. The van der Waals surface area contributed by atoms with Crippen LogP contribution in [0.2, 0.25) is 5.15 Å².